The van der Waals surface area contributed by atoms with Crippen LogP contribution in [0.5, 0.6) is 0 Å². The number of piperidine rings is 1. The number of hydrazone groups is 1. The van der Waals surface area contributed by atoms with Gasteiger partial charge in [0, 0.05) is 28.1 Å². The van der Waals surface area contributed by atoms with E-state index in [1.54, 1.807) is 12.3 Å². The van der Waals surface area contributed by atoms with Gasteiger partial charge in [-0.3, -0.25) is 9.69 Å². The second-order valence-electron chi connectivity index (χ2n) is 6.43. The minimum atomic E-state index is -0.0283. The molecule has 1 amide bonds. The molecule has 0 aliphatic carbocycles. The topological polar surface area (TPSA) is 44.7 Å². The Labute approximate surface area is 163 Å². The lowest BCUT2D eigenvalue weighted by Crippen LogP contribution is -2.39. The van der Waals surface area contributed by atoms with Crippen molar-refractivity contribution in [2.75, 3.05) is 13.1 Å². The zero-order valence-electron chi connectivity index (χ0n) is 14.4. The van der Waals surface area contributed by atoms with Gasteiger partial charge in [-0.05, 0) is 49.7 Å². The van der Waals surface area contributed by atoms with Crippen molar-refractivity contribution in [3.8, 4) is 0 Å². The highest BCUT2D eigenvalue weighted by atomic mass is 35.5. The Kier molecular flexibility index (Phi) is 6.67. The van der Waals surface area contributed by atoms with E-state index in [0.717, 1.165) is 43.1 Å². The van der Waals surface area contributed by atoms with Gasteiger partial charge >= 0.3 is 0 Å². The van der Waals surface area contributed by atoms with Crippen LogP contribution >= 0.6 is 23.2 Å². The lowest BCUT2D eigenvalue weighted by atomic mass is 9.96. The number of rotatable bonds is 5. The van der Waals surface area contributed by atoms with Gasteiger partial charge in [0.25, 0.3) is 0 Å². The van der Waals surface area contributed by atoms with Gasteiger partial charge in [0.05, 0.1) is 6.21 Å². The van der Waals surface area contributed by atoms with Crippen LogP contribution in [0.3, 0.4) is 0 Å². The fraction of sp³-hybridized carbons (Fsp3) is 0.300. The largest absolute Gasteiger partial charge is 0.299 e. The molecule has 1 N–H and O–H groups in total. The molecule has 4 nitrogen and oxygen atoms in total. The highest BCUT2D eigenvalue weighted by Gasteiger charge is 2.24. The van der Waals surface area contributed by atoms with E-state index in [-0.39, 0.29) is 11.8 Å². The molecular formula is C20H21Cl2N3O. The molecule has 0 atom stereocenters. The fourth-order valence-electron chi connectivity index (χ4n) is 3.04. The van der Waals surface area contributed by atoms with Crippen molar-refractivity contribution in [2.24, 2.45) is 11.0 Å². The summed E-state index contributed by atoms with van der Waals surface area (Å²) < 4.78 is 0. The van der Waals surface area contributed by atoms with Gasteiger partial charge in [0.1, 0.15) is 0 Å². The Morgan fingerprint density at radius 1 is 1.12 bits per heavy atom. The van der Waals surface area contributed by atoms with Gasteiger partial charge in [-0.15, -0.1) is 0 Å². The van der Waals surface area contributed by atoms with Crippen molar-refractivity contribution in [3.63, 3.8) is 0 Å². The molecule has 3 rings (SSSR count). The van der Waals surface area contributed by atoms with Crippen molar-refractivity contribution < 1.29 is 4.79 Å². The van der Waals surface area contributed by atoms with Crippen LogP contribution in [0, 0.1) is 5.92 Å². The second-order valence-corrected chi connectivity index (χ2v) is 7.28. The highest BCUT2D eigenvalue weighted by molar-refractivity contribution is 6.33. The molecule has 1 aliphatic heterocycles. The molecule has 2 aromatic carbocycles. The van der Waals surface area contributed by atoms with Crippen LogP contribution in [0.1, 0.15) is 24.0 Å². The molecule has 1 heterocycles. The summed E-state index contributed by atoms with van der Waals surface area (Å²) >= 11 is 12.0. The van der Waals surface area contributed by atoms with Crippen LogP contribution in [0.25, 0.3) is 0 Å². The maximum atomic E-state index is 12.3. The summed E-state index contributed by atoms with van der Waals surface area (Å²) in [5, 5.41) is 5.40. The Bertz CT molecular complexity index is 769. The molecule has 136 valence electrons. The minimum absolute atomic E-state index is 0.000127. The zero-order valence-corrected chi connectivity index (χ0v) is 15.9. The Balaban J connectivity index is 1.44. The first-order valence-electron chi connectivity index (χ1n) is 8.66. The number of likely N-dealkylation sites (tertiary alicyclic amines) is 1. The molecule has 1 saturated heterocycles. The van der Waals surface area contributed by atoms with E-state index in [4.69, 9.17) is 23.2 Å². The van der Waals surface area contributed by atoms with Crippen molar-refractivity contribution >= 4 is 35.3 Å². The van der Waals surface area contributed by atoms with Gasteiger partial charge < -0.3 is 0 Å². The van der Waals surface area contributed by atoms with Gasteiger partial charge in [-0.2, -0.15) is 5.10 Å². The lowest BCUT2D eigenvalue weighted by Gasteiger charge is -2.30. The van der Waals surface area contributed by atoms with Crippen LogP contribution in [-0.2, 0) is 11.3 Å². The van der Waals surface area contributed by atoms with Crippen molar-refractivity contribution in [2.45, 2.75) is 19.4 Å². The van der Waals surface area contributed by atoms with Crippen LogP contribution in [0.2, 0.25) is 10.0 Å². The summed E-state index contributed by atoms with van der Waals surface area (Å²) in [6, 6.07) is 15.3. The summed E-state index contributed by atoms with van der Waals surface area (Å²) in [6.45, 7) is 2.68. The third kappa shape index (κ3) is 5.31. The minimum Gasteiger partial charge on any atom is -0.299 e. The maximum Gasteiger partial charge on any atom is 0.243 e. The predicted octanol–water partition coefficient (Wildman–Crippen LogP) is 4.36. The second kappa shape index (κ2) is 9.17. The summed E-state index contributed by atoms with van der Waals surface area (Å²) in [6.07, 6.45) is 3.25. The van der Waals surface area contributed by atoms with Gasteiger partial charge in [-0.25, -0.2) is 5.43 Å². The molecule has 0 saturated carbocycles. The molecule has 1 fully saturated rings. The maximum absolute atomic E-state index is 12.3. The van der Waals surface area contributed by atoms with E-state index >= 15 is 0 Å². The van der Waals surface area contributed by atoms with Crippen LogP contribution in [0.15, 0.2) is 53.6 Å². The number of nitrogens with one attached hydrogen (secondary N) is 1. The smallest absolute Gasteiger partial charge is 0.243 e. The number of halogens is 2. The van der Waals surface area contributed by atoms with Crippen LogP contribution < -0.4 is 5.43 Å². The molecule has 0 spiro atoms. The molecular weight excluding hydrogens is 369 g/mol. The van der Waals surface area contributed by atoms with Crippen molar-refractivity contribution in [1.29, 1.82) is 0 Å². The van der Waals surface area contributed by atoms with E-state index in [1.165, 1.54) is 5.56 Å². The van der Waals surface area contributed by atoms with Crippen LogP contribution in [0.4, 0.5) is 0 Å². The number of carbonyl (C=O) groups is 1. The van der Waals surface area contributed by atoms with Gasteiger partial charge in [0.2, 0.25) is 5.91 Å². The standard InChI is InChI=1S/C20H21Cl2N3O/c21-18-7-5-15(6-8-18)14-25-11-9-16(10-12-25)20(26)24-23-13-17-3-1-2-4-19(17)22/h1-8,13,16H,9-12,14H2,(H,24,26)/b23-13-. The molecule has 0 bridgehead atoms. The van der Waals surface area contributed by atoms with E-state index in [2.05, 4.69) is 15.4 Å². The molecule has 2 aromatic rings. The van der Waals surface area contributed by atoms with Crippen molar-refractivity contribution in [1.82, 2.24) is 10.3 Å². The quantitative estimate of drug-likeness (QED) is 0.609. The lowest BCUT2D eigenvalue weighted by molar-refractivity contribution is -0.126. The summed E-state index contributed by atoms with van der Waals surface area (Å²) in [4.78, 5) is 14.6. The molecule has 1 aliphatic rings. The summed E-state index contributed by atoms with van der Waals surface area (Å²) in [5.74, 6) is -0.0284. The SMILES string of the molecule is O=C(N/N=C\c1ccccc1Cl)C1CCN(Cc2ccc(Cl)cc2)CC1. The number of carbonyl (C=O) groups excluding carboxylic acids is 1. The first-order chi connectivity index (χ1) is 12.6. The van der Waals surface area contributed by atoms with Gasteiger partial charge in [0.15, 0.2) is 0 Å². The van der Waals surface area contributed by atoms with Crippen molar-refractivity contribution in [3.05, 3.63) is 69.7 Å². The third-order valence-corrected chi connectivity index (χ3v) is 5.16. The molecule has 0 aromatic heterocycles. The normalized spacial score (nSPS) is 16.1. The Hall–Kier alpha value is -1.88. The predicted molar refractivity (Wildman–Crippen MR) is 107 cm³/mol. The zero-order chi connectivity index (χ0) is 18.4. The van der Waals surface area contributed by atoms with Gasteiger partial charge in [-0.1, -0.05) is 53.5 Å². The number of amides is 1. The Morgan fingerprint density at radius 2 is 1.81 bits per heavy atom. The summed E-state index contributed by atoms with van der Waals surface area (Å²) in [7, 11) is 0. The van der Waals surface area contributed by atoms with E-state index < -0.39 is 0 Å². The Morgan fingerprint density at radius 3 is 2.50 bits per heavy atom. The average Bonchev–Trinajstić information content (AvgIpc) is 2.66. The number of hydrogen-bond donors (Lipinski definition) is 1. The van der Waals surface area contributed by atoms with E-state index in [0.29, 0.717) is 5.02 Å². The average molecular weight is 390 g/mol. The monoisotopic (exact) mass is 389 g/mol. The first kappa shape index (κ1) is 18.9. The molecule has 26 heavy (non-hydrogen) atoms. The molecule has 0 radical (unpaired) electrons. The van der Waals surface area contributed by atoms with E-state index in [9.17, 15) is 4.79 Å². The molecule has 0 unspecified atom stereocenters. The number of hydrogen-bond acceptors (Lipinski definition) is 3. The third-order valence-electron chi connectivity index (χ3n) is 4.56. The fourth-order valence-corrected chi connectivity index (χ4v) is 3.35. The molecule has 6 heteroatoms. The number of benzene rings is 2. The number of nitrogens with zero attached hydrogens (tertiary/aromatic N) is 2. The highest BCUT2D eigenvalue weighted by Crippen LogP contribution is 2.20. The van der Waals surface area contributed by atoms with E-state index in [1.807, 2.05) is 42.5 Å². The first-order valence-corrected chi connectivity index (χ1v) is 9.41. The van der Waals surface area contributed by atoms with Crippen LogP contribution in [-0.4, -0.2) is 30.1 Å². The summed E-state index contributed by atoms with van der Waals surface area (Å²) in [5.41, 5.74) is 4.66.